The third-order valence-electron chi connectivity index (χ3n) is 3.12. The molecule has 20 heavy (non-hydrogen) atoms. The molecular formula is C16H16FNO2. The lowest BCUT2D eigenvalue weighted by molar-refractivity contribution is 0.0472. The molecule has 3 nitrogen and oxygen atoms in total. The van der Waals surface area contributed by atoms with Crippen molar-refractivity contribution in [3.63, 3.8) is 0 Å². The first-order valence-electron chi connectivity index (χ1n) is 6.25. The van der Waals surface area contributed by atoms with Gasteiger partial charge in [0, 0.05) is 5.69 Å². The van der Waals surface area contributed by atoms with Crippen LogP contribution in [0.25, 0.3) is 0 Å². The van der Waals surface area contributed by atoms with Crippen LogP contribution in [0.2, 0.25) is 0 Å². The molecule has 0 spiro atoms. The predicted molar refractivity (Wildman–Crippen MR) is 75.8 cm³/mol. The summed E-state index contributed by atoms with van der Waals surface area (Å²) in [7, 11) is 0. The minimum Gasteiger partial charge on any atom is -0.457 e. The van der Waals surface area contributed by atoms with Gasteiger partial charge in [0.05, 0.1) is 5.56 Å². The van der Waals surface area contributed by atoms with Crippen LogP contribution >= 0.6 is 0 Å². The van der Waals surface area contributed by atoms with Gasteiger partial charge in [-0.25, -0.2) is 9.18 Å². The molecule has 0 bridgehead atoms. The minimum absolute atomic E-state index is 0.104. The van der Waals surface area contributed by atoms with Crippen LogP contribution in [0.1, 0.15) is 27.0 Å². The topological polar surface area (TPSA) is 52.3 Å². The molecule has 0 atom stereocenters. The molecule has 0 unspecified atom stereocenters. The summed E-state index contributed by atoms with van der Waals surface area (Å²) < 4.78 is 18.0. The fourth-order valence-corrected chi connectivity index (χ4v) is 1.90. The standard InChI is InChI=1S/C16H16FNO2/c1-10-7-11(2)15(18)8-14(10)16(19)20-9-12-3-5-13(17)6-4-12/h3-8H,9,18H2,1-2H3. The molecule has 0 saturated heterocycles. The fraction of sp³-hybridized carbons (Fsp3) is 0.188. The number of nitrogen functional groups attached to an aromatic ring is 1. The van der Waals surface area contributed by atoms with Crippen molar-refractivity contribution in [2.75, 3.05) is 5.73 Å². The Morgan fingerprint density at radius 2 is 1.80 bits per heavy atom. The van der Waals surface area contributed by atoms with E-state index in [1.54, 1.807) is 18.2 Å². The van der Waals surface area contributed by atoms with Gasteiger partial charge in [0.2, 0.25) is 0 Å². The monoisotopic (exact) mass is 273 g/mol. The van der Waals surface area contributed by atoms with E-state index in [9.17, 15) is 9.18 Å². The first-order chi connectivity index (χ1) is 9.47. The molecular weight excluding hydrogens is 257 g/mol. The molecule has 0 radical (unpaired) electrons. The average Bonchev–Trinajstić information content (AvgIpc) is 2.42. The minimum atomic E-state index is -0.432. The van der Waals surface area contributed by atoms with Gasteiger partial charge < -0.3 is 10.5 Å². The fourth-order valence-electron chi connectivity index (χ4n) is 1.90. The number of ether oxygens (including phenoxy) is 1. The van der Waals surface area contributed by atoms with Crippen LogP contribution in [0.5, 0.6) is 0 Å². The van der Waals surface area contributed by atoms with Crippen molar-refractivity contribution in [2.24, 2.45) is 0 Å². The van der Waals surface area contributed by atoms with Crippen LogP contribution in [0.3, 0.4) is 0 Å². The summed E-state index contributed by atoms with van der Waals surface area (Å²) in [5.41, 5.74) is 9.30. The Labute approximate surface area is 117 Å². The van der Waals surface area contributed by atoms with Gasteiger partial charge in [-0.3, -0.25) is 0 Å². The lowest BCUT2D eigenvalue weighted by Crippen LogP contribution is -2.08. The van der Waals surface area contributed by atoms with Gasteiger partial charge in [0.1, 0.15) is 12.4 Å². The highest BCUT2D eigenvalue weighted by Gasteiger charge is 2.12. The summed E-state index contributed by atoms with van der Waals surface area (Å²) in [5.74, 6) is -0.749. The van der Waals surface area contributed by atoms with Crippen LogP contribution in [0.4, 0.5) is 10.1 Å². The Balaban J connectivity index is 2.09. The molecule has 0 fully saturated rings. The third-order valence-corrected chi connectivity index (χ3v) is 3.12. The Morgan fingerprint density at radius 3 is 2.45 bits per heavy atom. The van der Waals surface area contributed by atoms with Gasteiger partial charge in [0.25, 0.3) is 0 Å². The van der Waals surface area contributed by atoms with Crippen LogP contribution in [-0.2, 0) is 11.3 Å². The van der Waals surface area contributed by atoms with Crippen molar-refractivity contribution >= 4 is 11.7 Å². The molecule has 0 amide bonds. The number of anilines is 1. The highest BCUT2D eigenvalue weighted by atomic mass is 19.1. The number of hydrogen-bond donors (Lipinski definition) is 1. The largest absolute Gasteiger partial charge is 0.457 e. The molecule has 4 heteroatoms. The molecule has 104 valence electrons. The summed E-state index contributed by atoms with van der Waals surface area (Å²) in [6, 6.07) is 9.30. The summed E-state index contributed by atoms with van der Waals surface area (Å²) in [6.45, 7) is 3.82. The number of rotatable bonds is 3. The number of aryl methyl sites for hydroxylation is 2. The second-order valence-corrected chi connectivity index (χ2v) is 4.73. The van der Waals surface area contributed by atoms with Crippen molar-refractivity contribution in [1.82, 2.24) is 0 Å². The Hall–Kier alpha value is -2.36. The zero-order chi connectivity index (χ0) is 14.7. The first kappa shape index (κ1) is 14.1. The van der Waals surface area contributed by atoms with E-state index in [4.69, 9.17) is 10.5 Å². The quantitative estimate of drug-likeness (QED) is 0.689. The van der Waals surface area contributed by atoms with E-state index in [1.165, 1.54) is 12.1 Å². The van der Waals surface area contributed by atoms with E-state index >= 15 is 0 Å². The molecule has 2 aromatic carbocycles. The smallest absolute Gasteiger partial charge is 0.338 e. The number of benzene rings is 2. The van der Waals surface area contributed by atoms with Gasteiger partial charge in [0.15, 0.2) is 0 Å². The van der Waals surface area contributed by atoms with E-state index in [1.807, 2.05) is 19.9 Å². The Kier molecular flexibility index (Phi) is 4.03. The van der Waals surface area contributed by atoms with E-state index in [0.29, 0.717) is 11.3 Å². The molecule has 2 rings (SSSR count). The molecule has 2 aromatic rings. The maximum Gasteiger partial charge on any atom is 0.338 e. The van der Waals surface area contributed by atoms with Gasteiger partial charge in [-0.1, -0.05) is 18.2 Å². The van der Waals surface area contributed by atoms with Gasteiger partial charge in [-0.15, -0.1) is 0 Å². The average molecular weight is 273 g/mol. The lowest BCUT2D eigenvalue weighted by atomic mass is 10.0. The van der Waals surface area contributed by atoms with Crippen molar-refractivity contribution in [3.05, 3.63) is 64.5 Å². The second kappa shape index (κ2) is 5.74. The maximum absolute atomic E-state index is 12.8. The first-order valence-corrected chi connectivity index (χ1v) is 6.25. The van der Waals surface area contributed by atoms with Crippen LogP contribution in [0.15, 0.2) is 36.4 Å². The van der Waals surface area contributed by atoms with Gasteiger partial charge >= 0.3 is 5.97 Å². The summed E-state index contributed by atoms with van der Waals surface area (Å²) in [6.07, 6.45) is 0. The summed E-state index contributed by atoms with van der Waals surface area (Å²) in [4.78, 5) is 12.0. The van der Waals surface area contributed by atoms with Gasteiger partial charge in [-0.05, 0) is 48.7 Å². The van der Waals surface area contributed by atoms with Crippen LogP contribution < -0.4 is 5.73 Å². The number of esters is 1. The van der Waals surface area contributed by atoms with E-state index in [0.717, 1.165) is 16.7 Å². The van der Waals surface area contributed by atoms with Crippen LogP contribution in [-0.4, -0.2) is 5.97 Å². The van der Waals surface area contributed by atoms with E-state index < -0.39 is 5.97 Å². The summed E-state index contributed by atoms with van der Waals surface area (Å²) >= 11 is 0. The number of halogens is 1. The van der Waals surface area contributed by atoms with Crippen molar-refractivity contribution in [3.8, 4) is 0 Å². The lowest BCUT2D eigenvalue weighted by Gasteiger charge is -2.10. The van der Waals surface area contributed by atoms with Crippen LogP contribution in [0, 0.1) is 19.7 Å². The second-order valence-electron chi connectivity index (χ2n) is 4.73. The maximum atomic E-state index is 12.8. The van der Waals surface area contributed by atoms with Gasteiger partial charge in [-0.2, -0.15) is 0 Å². The number of carbonyl (C=O) groups is 1. The zero-order valence-corrected chi connectivity index (χ0v) is 11.4. The predicted octanol–water partition coefficient (Wildman–Crippen LogP) is 3.38. The molecule has 2 N–H and O–H groups in total. The van der Waals surface area contributed by atoms with E-state index in [2.05, 4.69) is 0 Å². The molecule has 0 heterocycles. The number of nitrogens with two attached hydrogens (primary N) is 1. The molecule has 0 aliphatic carbocycles. The molecule has 0 saturated carbocycles. The van der Waals surface area contributed by atoms with Crippen molar-refractivity contribution in [2.45, 2.75) is 20.5 Å². The molecule has 0 aliphatic heterocycles. The Bertz CT molecular complexity index is 636. The van der Waals surface area contributed by atoms with E-state index in [-0.39, 0.29) is 12.4 Å². The highest BCUT2D eigenvalue weighted by molar-refractivity contribution is 5.92. The zero-order valence-electron chi connectivity index (χ0n) is 11.4. The van der Waals surface area contributed by atoms with Crippen molar-refractivity contribution in [1.29, 1.82) is 0 Å². The highest BCUT2D eigenvalue weighted by Crippen LogP contribution is 2.19. The third kappa shape index (κ3) is 3.15. The number of hydrogen-bond acceptors (Lipinski definition) is 3. The SMILES string of the molecule is Cc1cc(C)c(C(=O)OCc2ccc(F)cc2)cc1N. The molecule has 0 aliphatic rings. The summed E-state index contributed by atoms with van der Waals surface area (Å²) in [5, 5.41) is 0. The normalized spacial score (nSPS) is 10.3. The molecule has 0 aromatic heterocycles. The number of carbonyl (C=O) groups excluding carboxylic acids is 1. The van der Waals surface area contributed by atoms with Crippen molar-refractivity contribution < 1.29 is 13.9 Å². The Morgan fingerprint density at radius 1 is 1.15 bits per heavy atom.